The second kappa shape index (κ2) is 6.28. The number of nitro benzene ring substituents is 1. The lowest BCUT2D eigenvalue weighted by Crippen LogP contribution is -2.21. The quantitative estimate of drug-likeness (QED) is 0.414. The Bertz CT molecular complexity index is 729. The highest BCUT2D eigenvalue weighted by Gasteiger charge is 2.03. The largest absolute Gasteiger partial charge is 0.345 e. The van der Waals surface area contributed by atoms with Crippen molar-refractivity contribution in [1.82, 2.24) is 20.5 Å². The SMILES string of the molecule is O=C(/C=C/c1ccc([N+](=O)[O-])cc1)NCc1n[nH]c(=O)[nH]1. The fraction of sp³-hybridized carbons (Fsp3) is 0.0833. The molecular weight excluding hydrogens is 278 g/mol. The van der Waals surface area contributed by atoms with E-state index in [1.165, 1.54) is 36.4 Å². The van der Waals surface area contributed by atoms with E-state index in [1.54, 1.807) is 0 Å². The van der Waals surface area contributed by atoms with E-state index < -0.39 is 10.6 Å². The molecule has 0 aliphatic carbocycles. The molecule has 0 unspecified atom stereocenters. The molecule has 21 heavy (non-hydrogen) atoms. The Morgan fingerprint density at radius 2 is 2.10 bits per heavy atom. The minimum Gasteiger partial charge on any atom is -0.345 e. The number of nitrogens with zero attached hydrogens (tertiary/aromatic N) is 2. The van der Waals surface area contributed by atoms with Crippen LogP contribution in [0.25, 0.3) is 6.08 Å². The lowest BCUT2D eigenvalue weighted by molar-refractivity contribution is -0.384. The first-order valence-electron chi connectivity index (χ1n) is 5.88. The molecule has 9 nitrogen and oxygen atoms in total. The van der Waals surface area contributed by atoms with Crippen LogP contribution in [0.5, 0.6) is 0 Å². The maximum absolute atomic E-state index is 11.5. The van der Waals surface area contributed by atoms with Crippen LogP contribution in [0.4, 0.5) is 5.69 Å². The van der Waals surface area contributed by atoms with E-state index in [4.69, 9.17) is 0 Å². The Labute approximate surface area is 117 Å². The van der Waals surface area contributed by atoms with Gasteiger partial charge in [-0.05, 0) is 23.8 Å². The van der Waals surface area contributed by atoms with Crippen LogP contribution in [-0.4, -0.2) is 26.0 Å². The van der Waals surface area contributed by atoms with E-state index >= 15 is 0 Å². The number of H-pyrrole nitrogens is 2. The van der Waals surface area contributed by atoms with Gasteiger partial charge in [-0.25, -0.2) is 9.89 Å². The lowest BCUT2D eigenvalue weighted by atomic mass is 10.2. The van der Waals surface area contributed by atoms with E-state index in [2.05, 4.69) is 20.5 Å². The van der Waals surface area contributed by atoms with Gasteiger partial charge in [-0.1, -0.05) is 0 Å². The molecule has 0 bridgehead atoms. The van der Waals surface area contributed by atoms with Crippen molar-refractivity contribution in [3.8, 4) is 0 Å². The van der Waals surface area contributed by atoms with Crippen molar-refractivity contribution in [2.75, 3.05) is 0 Å². The third-order valence-electron chi connectivity index (χ3n) is 2.51. The molecule has 2 aromatic rings. The average molecular weight is 289 g/mol. The first-order chi connectivity index (χ1) is 10.0. The number of hydrogen-bond acceptors (Lipinski definition) is 5. The molecule has 0 atom stereocenters. The summed E-state index contributed by atoms with van der Waals surface area (Å²) in [5.74, 6) is -0.0608. The normalized spacial score (nSPS) is 10.7. The molecule has 3 N–H and O–H groups in total. The average Bonchev–Trinajstić information content (AvgIpc) is 2.89. The molecule has 108 valence electrons. The Kier molecular flexibility index (Phi) is 4.24. The third kappa shape index (κ3) is 4.13. The van der Waals surface area contributed by atoms with Gasteiger partial charge in [0.1, 0.15) is 5.82 Å². The molecule has 1 aromatic heterocycles. The summed E-state index contributed by atoms with van der Waals surface area (Å²) in [6.45, 7) is 0.0855. The fourth-order valence-corrected chi connectivity index (χ4v) is 1.50. The number of nitro groups is 1. The van der Waals surface area contributed by atoms with Gasteiger partial charge in [0, 0.05) is 18.2 Å². The van der Waals surface area contributed by atoms with Gasteiger partial charge in [0.25, 0.3) is 5.69 Å². The Hall–Kier alpha value is -3.23. The number of amides is 1. The highest BCUT2D eigenvalue weighted by molar-refractivity contribution is 5.91. The van der Waals surface area contributed by atoms with E-state index in [0.717, 1.165) is 0 Å². The van der Waals surface area contributed by atoms with Crippen LogP contribution in [0.1, 0.15) is 11.4 Å². The van der Waals surface area contributed by atoms with Crippen molar-refractivity contribution in [1.29, 1.82) is 0 Å². The standard InChI is InChI=1S/C12H11N5O4/c18-11(13-7-10-14-12(19)16-15-10)6-3-8-1-4-9(5-2-8)17(20)21/h1-6H,7H2,(H,13,18)(H2,14,15,16,19)/b6-3+. The smallest absolute Gasteiger partial charge is 0.340 e. The van der Waals surface area contributed by atoms with Crippen LogP contribution >= 0.6 is 0 Å². The molecule has 0 radical (unpaired) electrons. The highest BCUT2D eigenvalue weighted by Crippen LogP contribution is 2.12. The summed E-state index contributed by atoms with van der Waals surface area (Å²) in [6, 6.07) is 5.78. The Balaban J connectivity index is 1.89. The zero-order valence-electron chi connectivity index (χ0n) is 10.7. The first-order valence-corrected chi connectivity index (χ1v) is 5.88. The second-order valence-electron chi connectivity index (χ2n) is 4.02. The zero-order chi connectivity index (χ0) is 15.2. The summed E-state index contributed by atoms with van der Waals surface area (Å²) in [4.78, 5) is 34.7. The van der Waals surface area contributed by atoms with Crippen LogP contribution in [0, 0.1) is 10.1 Å². The summed E-state index contributed by atoms with van der Waals surface area (Å²) in [5.41, 5.74) is 0.198. The van der Waals surface area contributed by atoms with Crippen LogP contribution in [0.2, 0.25) is 0 Å². The van der Waals surface area contributed by atoms with Crippen LogP contribution in [0.15, 0.2) is 35.1 Å². The van der Waals surface area contributed by atoms with Gasteiger partial charge in [-0.15, -0.1) is 0 Å². The van der Waals surface area contributed by atoms with Gasteiger partial charge in [0.05, 0.1) is 11.5 Å². The fourth-order valence-electron chi connectivity index (χ4n) is 1.50. The van der Waals surface area contributed by atoms with Gasteiger partial charge in [-0.2, -0.15) is 5.10 Å². The van der Waals surface area contributed by atoms with Crippen LogP contribution in [0.3, 0.4) is 0 Å². The number of aromatic amines is 2. The predicted molar refractivity (Wildman–Crippen MR) is 73.2 cm³/mol. The van der Waals surface area contributed by atoms with Crippen molar-refractivity contribution in [2.24, 2.45) is 0 Å². The molecule has 0 aliphatic rings. The van der Waals surface area contributed by atoms with Crippen molar-refractivity contribution in [3.05, 3.63) is 62.3 Å². The maximum Gasteiger partial charge on any atom is 0.340 e. The molecule has 2 rings (SSSR count). The molecule has 0 spiro atoms. The number of nitrogens with one attached hydrogen (secondary N) is 3. The van der Waals surface area contributed by atoms with Gasteiger partial charge < -0.3 is 5.32 Å². The number of hydrogen-bond donors (Lipinski definition) is 3. The summed E-state index contributed by atoms with van der Waals surface area (Å²) in [7, 11) is 0. The summed E-state index contributed by atoms with van der Waals surface area (Å²) in [5, 5.41) is 18.8. The number of aromatic nitrogens is 3. The monoisotopic (exact) mass is 289 g/mol. The van der Waals surface area contributed by atoms with Crippen LogP contribution < -0.4 is 11.0 Å². The summed E-state index contributed by atoms with van der Waals surface area (Å²) >= 11 is 0. The Morgan fingerprint density at radius 1 is 1.38 bits per heavy atom. The molecule has 0 fully saturated rings. The minimum atomic E-state index is -0.495. The van der Waals surface area contributed by atoms with E-state index in [0.29, 0.717) is 11.4 Å². The summed E-state index contributed by atoms with van der Waals surface area (Å²) < 4.78 is 0. The van der Waals surface area contributed by atoms with E-state index in [-0.39, 0.29) is 18.1 Å². The van der Waals surface area contributed by atoms with Gasteiger partial charge in [-0.3, -0.25) is 19.9 Å². The van der Waals surface area contributed by atoms with Crippen molar-refractivity contribution >= 4 is 17.7 Å². The number of non-ortho nitro benzene ring substituents is 1. The van der Waals surface area contributed by atoms with Crippen molar-refractivity contribution < 1.29 is 9.72 Å². The second-order valence-corrected chi connectivity index (χ2v) is 4.02. The molecule has 1 heterocycles. The maximum atomic E-state index is 11.5. The number of carbonyl (C=O) groups is 1. The molecule has 0 aliphatic heterocycles. The number of rotatable bonds is 5. The molecule has 9 heteroatoms. The number of carbonyl (C=O) groups excluding carboxylic acids is 1. The minimum absolute atomic E-state index is 0.0147. The highest BCUT2D eigenvalue weighted by atomic mass is 16.6. The zero-order valence-corrected chi connectivity index (χ0v) is 10.7. The topological polar surface area (TPSA) is 134 Å². The first kappa shape index (κ1) is 14.2. The summed E-state index contributed by atoms with van der Waals surface area (Å²) in [6.07, 6.45) is 2.80. The predicted octanol–water partition coefficient (Wildman–Crippen LogP) is 0.336. The Morgan fingerprint density at radius 3 is 2.67 bits per heavy atom. The molecule has 1 amide bonds. The van der Waals surface area contributed by atoms with E-state index in [1.807, 2.05) is 0 Å². The van der Waals surface area contributed by atoms with Gasteiger partial charge in [0.15, 0.2) is 0 Å². The van der Waals surface area contributed by atoms with Crippen molar-refractivity contribution in [2.45, 2.75) is 6.54 Å². The third-order valence-corrected chi connectivity index (χ3v) is 2.51. The molecular formula is C12H11N5O4. The molecule has 1 aromatic carbocycles. The van der Waals surface area contributed by atoms with E-state index in [9.17, 15) is 19.7 Å². The molecule has 0 saturated carbocycles. The number of benzene rings is 1. The molecule has 0 saturated heterocycles. The van der Waals surface area contributed by atoms with Crippen LogP contribution in [-0.2, 0) is 11.3 Å². The van der Waals surface area contributed by atoms with Crippen molar-refractivity contribution in [3.63, 3.8) is 0 Å². The lowest BCUT2D eigenvalue weighted by Gasteiger charge is -1.98. The van der Waals surface area contributed by atoms with Gasteiger partial charge in [0.2, 0.25) is 5.91 Å². The van der Waals surface area contributed by atoms with Gasteiger partial charge >= 0.3 is 5.69 Å².